The molecule has 3 nitrogen and oxygen atoms in total. The van der Waals surface area contributed by atoms with Gasteiger partial charge < -0.3 is 0 Å². The molecule has 0 amide bonds. The molecule has 0 unspecified atom stereocenters. The molecule has 0 atom stereocenters. The third-order valence-electron chi connectivity index (χ3n) is 1.24. The van der Waals surface area contributed by atoms with Crippen LogP contribution in [0.15, 0.2) is 6.33 Å². The molecule has 1 aromatic rings. The summed E-state index contributed by atoms with van der Waals surface area (Å²) in [7, 11) is 0. The van der Waals surface area contributed by atoms with E-state index in [-0.39, 0.29) is 0 Å². The molecule has 0 aliphatic carbocycles. The zero-order chi connectivity index (χ0) is 6.69. The Balaban J connectivity index is 2.69. The number of hydrogen-bond donors (Lipinski definition) is 0. The highest BCUT2D eigenvalue weighted by Gasteiger charge is 1.93. The van der Waals surface area contributed by atoms with Crippen molar-refractivity contribution in [1.82, 2.24) is 14.8 Å². The maximum Gasteiger partial charge on any atom is 0.138 e. The van der Waals surface area contributed by atoms with E-state index in [1.165, 1.54) is 0 Å². The summed E-state index contributed by atoms with van der Waals surface area (Å²) in [5.74, 6) is 0.997. The average Bonchev–Trinajstić information content (AvgIpc) is 2.18. The predicted octanol–water partition coefficient (Wildman–Crippen LogP) is 0.997. The lowest BCUT2D eigenvalue weighted by Gasteiger charge is -1.96. The molecule has 3 heteroatoms. The molecule has 0 aromatic carbocycles. The highest BCUT2D eigenvalue weighted by atomic mass is 15.3. The van der Waals surface area contributed by atoms with E-state index in [0.29, 0.717) is 0 Å². The van der Waals surface area contributed by atoms with Crippen LogP contribution in [0.5, 0.6) is 0 Å². The summed E-state index contributed by atoms with van der Waals surface area (Å²) in [6.07, 6.45) is 2.70. The maximum absolute atomic E-state index is 4.01. The van der Waals surface area contributed by atoms with Gasteiger partial charge in [0.1, 0.15) is 12.2 Å². The van der Waals surface area contributed by atoms with Crippen molar-refractivity contribution in [1.29, 1.82) is 0 Å². The lowest BCUT2D eigenvalue weighted by atomic mass is 10.5. The maximum atomic E-state index is 4.01. The zero-order valence-corrected chi connectivity index (χ0v) is 5.83. The molecule has 50 valence electrons. The van der Waals surface area contributed by atoms with Crippen molar-refractivity contribution in [3.05, 3.63) is 12.2 Å². The summed E-state index contributed by atoms with van der Waals surface area (Å²) in [6.45, 7) is 5.07. The number of rotatable bonds is 2. The Morgan fingerprint density at radius 2 is 2.44 bits per heavy atom. The smallest absolute Gasteiger partial charge is 0.138 e. The Bertz CT molecular complexity index is 180. The molecular formula is C6H11N3. The fourth-order valence-electron chi connectivity index (χ4n) is 0.753. The molecule has 0 fully saturated rings. The summed E-state index contributed by atoms with van der Waals surface area (Å²) in [6, 6.07) is 0. The van der Waals surface area contributed by atoms with Crippen molar-refractivity contribution in [2.24, 2.45) is 0 Å². The van der Waals surface area contributed by atoms with Gasteiger partial charge in [-0.1, -0.05) is 6.92 Å². The molecule has 0 radical (unpaired) electrons. The summed E-state index contributed by atoms with van der Waals surface area (Å²) in [5.41, 5.74) is 0. The second-order valence-electron chi connectivity index (χ2n) is 2.03. The summed E-state index contributed by atoms with van der Waals surface area (Å²) < 4.78 is 1.90. The Labute approximate surface area is 54.7 Å². The second kappa shape index (κ2) is 2.62. The largest absolute Gasteiger partial charge is 0.250 e. The predicted molar refractivity (Wildman–Crippen MR) is 35.0 cm³/mol. The van der Waals surface area contributed by atoms with Crippen LogP contribution >= 0.6 is 0 Å². The van der Waals surface area contributed by atoms with Gasteiger partial charge in [0.15, 0.2) is 0 Å². The van der Waals surface area contributed by atoms with Gasteiger partial charge in [-0.15, -0.1) is 0 Å². The highest BCUT2D eigenvalue weighted by Crippen LogP contribution is 1.91. The van der Waals surface area contributed by atoms with Gasteiger partial charge in [0, 0.05) is 6.54 Å². The molecule has 0 aliphatic heterocycles. The van der Waals surface area contributed by atoms with Crippen LogP contribution in [0, 0.1) is 6.92 Å². The highest BCUT2D eigenvalue weighted by molar-refractivity contribution is 4.77. The van der Waals surface area contributed by atoms with Gasteiger partial charge in [-0.05, 0) is 13.3 Å². The summed E-state index contributed by atoms with van der Waals surface area (Å²) in [4.78, 5) is 3.99. The van der Waals surface area contributed by atoms with Crippen LogP contribution in [-0.2, 0) is 6.54 Å². The van der Waals surface area contributed by atoms with E-state index in [1.807, 2.05) is 11.6 Å². The van der Waals surface area contributed by atoms with Crippen molar-refractivity contribution < 1.29 is 0 Å². The number of nitrogens with zero attached hydrogens (tertiary/aromatic N) is 3. The van der Waals surface area contributed by atoms with E-state index < -0.39 is 0 Å². The van der Waals surface area contributed by atoms with Gasteiger partial charge >= 0.3 is 0 Å². The van der Waals surface area contributed by atoms with Gasteiger partial charge in [-0.2, -0.15) is 5.10 Å². The molecule has 0 N–H and O–H groups in total. The first-order valence-corrected chi connectivity index (χ1v) is 3.19. The zero-order valence-electron chi connectivity index (χ0n) is 5.83. The first-order valence-electron chi connectivity index (χ1n) is 3.19. The molecule has 0 saturated heterocycles. The molecule has 0 spiro atoms. The number of aromatic nitrogens is 3. The van der Waals surface area contributed by atoms with E-state index in [2.05, 4.69) is 17.0 Å². The third-order valence-corrected chi connectivity index (χ3v) is 1.24. The van der Waals surface area contributed by atoms with Gasteiger partial charge in [0.05, 0.1) is 0 Å². The molecule has 9 heavy (non-hydrogen) atoms. The van der Waals surface area contributed by atoms with Gasteiger partial charge in [0.2, 0.25) is 0 Å². The number of hydrogen-bond acceptors (Lipinski definition) is 2. The SMILES string of the molecule is CCCn1ncnc1C. The van der Waals surface area contributed by atoms with Crippen molar-refractivity contribution in [2.75, 3.05) is 0 Å². The first-order chi connectivity index (χ1) is 4.34. The molecule has 0 bridgehead atoms. The van der Waals surface area contributed by atoms with Crippen LogP contribution in [0.2, 0.25) is 0 Å². The van der Waals surface area contributed by atoms with Crippen LogP contribution in [0.3, 0.4) is 0 Å². The van der Waals surface area contributed by atoms with Crippen LogP contribution in [0.25, 0.3) is 0 Å². The lowest BCUT2D eigenvalue weighted by molar-refractivity contribution is 0.584. The van der Waals surface area contributed by atoms with Crippen LogP contribution in [0.1, 0.15) is 19.2 Å². The van der Waals surface area contributed by atoms with Crippen molar-refractivity contribution >= 4 is 0 Å². The molecule has 0 aliphatic rings. The Morgan fingerprint density at radius 3 is 2.89 bits per heavy atom. The standard InChI is InChI=1S/C6H11N3/c1-3-4-9-6(2)7-5-8-9/h5H,3-4H2,1-2H3. The fraction of sp³-hybridized carbons (Fsp3) is 0.667. The van der Waals surface area contributed by atoms with E-state index >= 15 is 0 Å². The van der Waals surface area contributed by atoms with Gasteiger partial charge in [-0.3, -0.25) is 4.68 Å². The van der Waals surface area contributed by atoms with Crippen LogP contribution in [0.4, 0.5) is 0 Å². The molecule has 1 rings (SSSR count). The first kappa shape index (κ1) is 6.26. The molecule has 0 saturated carbocycles. The lowest BCUT2D eigenvalue weighted by Crippen LogP contribution is -2.00. The molecule has 1 heterocycles. The minimum absolute atomic E-state index is 0.978. The summed E-state index contributed by atoms with van der Waals surface area (Å²) >= 11 is 0. The molecule has 1 aromatic heterocycles. The van der Waals surface area contributed by atoms with E-state index in [9.17, 15) is 0 Å². The van der Waals surface area contributed by atoms with Gasteiger partial charge in [0.25, 0.3) is 0 Å². The van der Waals surface area contributed by atoms with E-state index in [1.54, 1.807) is 6.33 Å². The Hall–Kier alpha value is -0.860. The van der Waals surface area contributed by atoms with Crippen molar-refractivity contribution in [3.63, 3.8) is 0 Å². The third kappa shape index (κ3) is 1.28. The normalized spacial score (nSPS) is 10.0. The van der Waals surface area contributed by atoms with Crippen molar-refractivity contribution in [3.8, 4) is 0 Å². The Kier molecular flexibility index (Phi) is 1.82. The van der Waals surface area contributed by atoms with E-state index in [0.717, 1.165) is 18.8 Å². The Morgan fingerprint density at radius 1 is 1.67 bits per heavy atom. The second-order valence-corrected chi connectivity index (χ2v) is 2.03. The average molecular weight is 125 g/mol. The van der Waals surface area contributed by atoms with Crippen LogP contribution in [-0.4, -0.2) is 14.8 Å². The summed E-state index contributed by atoms with van der Waals surface area (Å²) in [5, 5.41) is 4.01. The van der Waals surface area contributed by atoms with Crippen LogP contribution < -0.4 is 0 Å². The number of aryl methyl sites for hydroxylation is 2. The van der Waals surface area contributed by atoms with Gasteiger partial charge in [-0.25, -0.2) is 4.98 Å². The minimum atomic E-state index is 0.978. The fourth-order valence-corrected chi connectivity index (χ4v) is 0.753. The topological polar surface area (TPSA) is 30.7 Å². The monoisotopic (exact) mass is 125 g/mol. The van der Waals surface area contributed by atoms with Crippen molar-refractivity contribution in [2.45, 2.75) is 26.8 Å². The minimum Gasteiger partial charge on any atom is -0.250 e. The van der Waals surface area contributed by atoms with E-state index in [4.69, 9.17) is 0 Å². The quantitative estimate of drug-likeness (QED) is 0.590. The molecular weight excluding hydrogens is 114 g/mol.